The molecule has 21 heavy (non-hydrogen) atoms. The van der Waals surface area contributed by atoms with Crippen LogP contribution in [0.3, 0.4) is 0 Å². The predicted molar refractivity (Wildman–Crippen MR) is 81.5 cm³/mol. The number of carbonyl (C=O) groups is 2. The Morgan fingerprint density at radius 3 is 2.67 bits per heavy atom. The highest BCUT2D eigenvalue weighted by Gasteiger charge is 2.29. The van der Waals surface area contributed by atoms with Gasteiger partial charge in [0.25, 0.3) is 5.91 Å². The van der Waals surface area contributed by atoms with Gasteiger partial charge in [-0.05, 0) is 25.0 Å². The molecule has 0 aromatic heterocycles. The fraction of sp³-hybridized carbons (Fsp3) is 0.385. The Kier molecular flexibility index (Phi) is 5.50. The minimum Gasteiger partial charge on any atom is -0.452 e. The summed E-state index contributed by atoms with van der Waals surface area (Å²) in [7, 11) is 1.01. The minimum absolute atomic E-state index is 0.153. The van der Waals surface area contributed by atoms with Crippen molar-refractivity contribution >= 4 is 42.5 Å². The zero-order valence-corrected chi connectivity index (χ0v) is 12.7. The van der Waals surface area contributed by atoms with Crippen LogP contribution in [0.5, 0.6) is 0 Å². The van der Waals surface area contributed by atoms with E-state index in [4.69, 9.17) is 28.2 Å². The molecule has 1 unspecified atom stereocenters. The molecule has 2 rings (SSSR count). The van der Waals surface area contributed by atoms with E-state index < -0.39 is 5.91 Å². The summed E-state index contributed by atoms with van der Waals surface area (Å²) in [4.78, 5) is 25.6. The van der Waals surface area contributed by atoms with Crippen molar-refractivity contribution in [3.63, 3.8) is 0 Å². The molecule has 1 saturated heterocycles. The summed E-state index contributed by atoms with van der Waals surface area (Å²) in [5.74, 6) is -1.03. The molecule has 0 aliphatic carbocycles. The first-order valence-corrected chi connectivity index (χ1v) is 7.29. The lowest BCUT2D eigenvalue weighted by atomic mass is 9.86. The van der Waals surface area contributed by atoms with E-state index in [0.717, 1.165) is 20.3 Å². The van der Waals surface area contributed by atoms with E-state index in [1.54, 1.807) is 18.2 Å². The van der Waals surface area contributed by atoms with Crippen LogP contribution in [0, 0.1) is 0 Å². The largest absolute Gasteiger partial charge is 0.452 e. The van der Waals surface area contributed by atoms with Gasteiger partial charge in [0, 0.05) is 12.5 Å². The number of amides is 2. The summed E-state index contributed by atoms with van der Waals surface area (Å²) < 4.78 is 0. The van der Waals surface area contributed by atoms with Crippen molar-refractivity contribution in [2.24, 2.45) is 0 Å². The van der Waals surface area contributed by atoms with Crippen LogP contribution < -0.4 is 5.32 Å². The fourth-order valence-electron chi connectivity index (χ4n) is 2.32. The van der Waals surface area contributed by atoms with E-state index in [-0.39, 0.29) is 34.0 Å². The fourth-order valence-corrected chi connectivity index (χ4v) is 2.89. The molecule has 2 amide bonds. The van der Waals surface area contributed by atoms with Gasteiger partial charge in [-0.25, -0.2) is 0 Å². The third kappa shape index (κ3) is 3.70. The molecule has 1 aliphatic rings. The Morgan fingerprint density at radius 1 is 1.38 bits per heavy atom. The minimum atomic E-state index is -0.498. The monoisotopic (exact) mass is 327 g/mol. The second-order valence-electron chi connectivity index (χ2n) is 4.73. The number of halogens is 2. The molecule has 0 saturated carbocycles. The van der Waals surface area contributed by atoms with E-state index in [2.05, 4.69) is 5.32 Å². The quantitative estimate of drug-likeness (QED) is 0.819. The molecular weight excluding hydrogens is 314 g/mol. The van der Waals surface area contributed by atoms with E-state index in [1.807, 2.05) is 0 Å². The van der Waals surface area contributed by atoms with Gasteiger partial charge in [-0.3, -0.25) is 9.59 Å². The average molecular weight is 328 g/mol. The molecule has 0 spiro atoms. The third-order valence-electron chi connectivity index (χ3n) is 3.38. The van der Waals surface area contributed by atoms with Crippen LogP contribution in [0.15, 0.2) is 18.2 Å². The first-order valence-electron chi connectivity index (χ1n) is 6.54. The smallest absolute Gasteiger partial charge is 0.312 e. The van der Waals surface area contributed by atoms with Crippen molar-refractivity contribution in [2.45, 2.75) is 18.8 Å². The number of hydrogen-bond donors (Lipinski definition) is 2. The van der Waals surface area contributed by atoms with Crippen LogP contribution in [-0.2, 0) is 4.79 Å². The molecule has 111 valence electrons. The molecular formula is C13H14BCl2N2O3. The maximum absolute atomic E-state index is 12.0. The van der Waals surface area contributed by atoms with Crippen LogP contribution in [-0.4, -0.2) is 48.3 Å². The Bertz CT molecular complexity index is 536. The molecule has 2 N–H and O–H groups in total. The standard InChI is InChI=1S/C13H14BCl2N2O3/c15-8-3-1-4-9(16)12(8)13(20)17-7-11(19)18-6-2-5-10(18)14-21/h1,3-4,10,21H,2,5-7H2,(H,17,20). The maximum Gasteiger partial charge on any atom is 0.312 e. The summed E-state index contributed by atoms with van der Waals surface area (Å²) in [5.41, 5.74) is 0.153. The molecule has 1 radical (unpaired) electrons. The van der Waals surface area contributed by atoms with Crippen molar-refractivity contribution in [3.8, 4) is 0 Å². The van der Waals surface area contributed by atoms with Crippen molar-refractivity contribution in [3.05, 3.63) is 33.8 Å². The van der Waals surface area contributed by atoms with Gasteiger partial charge in [0.2, 0.25) is 5.91 Å². The number of nitrogens with one attached hydrogen (secondary N) is 1. The van der Waals surface area contributed by atoms with Gasteiger partial charge in [0.05, 0.1) is 22.2 Å². The lowest BCUT2D eigenvalue weighted by molar-refractivity contribution is -0.129. The van der Waals surface area contributed by atoms with E-state index in [0.29, 0.717) is 6.54 Å². The van der Waals surface area contributed by atoms with Crippen LogP contribution in [0.2, 0.25) is 10.0 Å². The van der Waals surface area contributed by atoms with Gasteiger partial charge in [-0.15, -0.1) is 0 Å². The lowest BCUT2D eigenvalue weighted by Gasteiger charge is -2.22. The van der Waals surface area contributed by atoms with Crippen LogP contribution >= 0.6 is 23.2 Å². The van der Waals surface area contributed by atoms with E-state index in [1.165, 1.54) is 4.90 Å². The Balaban J connectivity index is 1.97. The molecule has 1 aliphatic heterocycles. The molecule has 1 fully saturated rings. The second kappa shape index (κ2) is 7.16. The highest BCUT2D eigenvalue weighted by molar-refractivity contribution is 6.39. The normalized spacial score (nSPS) is 17.7. The van der Waals surface area contributed by atoms with Crippen molar-refractivity contribution in [1.82, 2.24) is 10.2 Å². The first-order chi connectivity index (χ1) is 10.0. The summed E-state index contributed by atoms with van der Waals surface area (Å²) in [6, 6.07) is 4.75. The number of nitrogens with zero attached hydrogens (tertiary/aromatic N) is 1. The maximum atomic E-state index is 12.0. The highest BCUT2D eigenvalue weighted by atomic mass is 35.5. The first kappa shape index (κ1) is 16.1. The van der Waals surface area contributed by atoms with E-state index in [9.17, 15) is 9.59 Å². The zero-order chi connectivity index (χ0) is 15.4. The number of likely N-dealkylation sites (tertiary alicyclic amines) is 1. The van der Waals surface area contributed by atoms with Gasteiger partial charge in [-0.2, -0.15) is 0 Å². The predicted octanol–water partition coefficient (Wildman–Crippen LogP) is 1.28. The average Bonchev–Trinajstić information content (AvgIpc) is 2.93. The molecule has 0 bridgehead atoms. The summed E-state index contributed by atoms with van der Waals surface area (Å²) in [5, 5.41) is 12.0. The molecule has 8 heteroatoms. The van der Waals surface area contributed by atoms with Crippen molar-refractivity contribution < 1.29 is 14.6 Å². The van der Waals surface area contributed by atoms with Crippen molar-refractivity contribution in [2.75, 3.05) is 13.1 Å². The second-order valence-corrected chi connectivity index (χ2v) is 5.54. The zero-order valence-electron chi connectivity index (χ0n) is 11.2. The lowest BCUT2D eigenvalue weighted by Crippen LogP contribution is -2.44. The molecule has 1 aromatic rings. The van der Waals surface area contributed by atoms with Crippen LogP contribution in [0.25, 0.3) is 0 Å². The number of hydrogen-bond acceptors (Lipinski definition) is 3. The number of rotatable bonds is 4. The van der Waals surface area contributed by atoms with Gasteiger partial charge >= 0.3 is 7.48 Å². The summed E-state index contributed by atoms with van der Waals surface area (Å²) in [6.07, 6.45) is 1.56. The van der Waals surface area contributed by atoms with Crippen LogP contribution in [0.4, 0.5) is 0 Å². The van der Waals surface area contributed by atoms with Crippen LogP contribution in [0.1, 0.15) is 23.2 Å². The van der Waals surface area contributed by atoms with Gasteiger partial charge in [0.1, 0.15) is 0 Å². The Morgan fingerprint density at radius 2 is 2.05 bits per heavy atom. The highest BCUT2D eigenvalue weighted by Crippen LogP contribution is 2.24. The van der Waals surface area contributed by atoms with Gasteiger partial charge in [0.15, 0.2) is 0 Å². The molecule has 1 aromatic carbocycles. The Hall–Kier alpha value is -1.24. The summed E-state index contributed by atoms with van der Waals surface area (Å²) in [6.45, 7) is 0.411. The summed E-state index contributed by atoms with van der Waals surface area (Å²) >= 11 is 11.9. The third-order valence-corrected chi connectivity index (χ3v) is 4.01. The number of benzene rings is 1. The topological polar surface area (TPSA) is 69.6 Å². The molecule has 5 nitrogen and oxygen atoms in total. The Labute approximate surface area is 133 Å². The van der Waals surface area contributed by atoms with Gasteiger partial charge < -0.3 is 15.2 Å². The molecule has 1 heterocycles. The van der Waals surface area contributed by atoms with Gasteiger partial charge in [-0.1, -0.05) is 29.3 Å². The SMILES string of the molecule is O=C(NCC(=O)N1CCCC1[B]O)c1c(Cl)cccc1Cl. The van der Waals surface area contributed by atoms with E-state index >= 15 is 0 Å². The number of carbonyl (C=O) groups excluding carboxylic acids is 2. The molecule has 1 atom stereocenters. The van der Waals surface area contributed by atoms with Crippen molar-refractivity contribution in [1.29, 1.82) is 0 Å².